The summed E-state index contributed by atoms with van der Waals surface area (Å²) in [6.07, 6.45) is 9.25. The number of hydrogen-bond donors (Lipinski definition) is 2. The molecule has 1 aliphatic rings. The summed E-state index contributed by atoms with van der Waals surface area (Å²) in [6, 6.07) is 0.511. The van der Waals surface area contributed by atoms with E-state index in [1.165, 1.54) is 38.5 Å². The molecule has 1 rings (SSSR count). The van der Waals surface area contributed by atoms with Crippen molar-refractivity contribution in [1.82, 2.24) is 5.32 Å². The Kier molecular flexibility index (Phi) is 7.29. The highest BCUT2D eigenvalue weighted by atomic mass is 14.9. The zero-order chi connectivity index (χ0) is 11.6. The van der Waals surface area contributed by atoms with Crippen LogP contribution in [-0.2, 0) is 0 Å². The van der Waals surface area contributed by atoms with Crippen LogP contribution >= 0.6 is 0 Å². The molecule has 3 N–H and O–H groups in total. The van der Waals surface area contributed by atoms with Gasteiger partial charge in [-0.25, -0.2) is 0 Å². The second-order valence-corrected chi connectivity index (χ2v) is 4.72. The van der Waals surface area contributed by atoms with E-state index in [1.54, 1.807) is 0 Å². The number of hydrogen-bond acceptors (Lipinski definition) is 2. The smallest absolute Gasteiger partial charge is 0.0218 e. The Morgan fingerprint density at radius 2 is 1.94 bits per heavy atom. The minimum Gasteiger partial charge on any atom is -0.329 e. The molecule has 16 heavy (non-hydrogen) atoms. The van der Waals surface area contributed by atoms with E-state index in [1.807, 2.05) is 6.92 Å². The molecular formula is C14H26N2. The molecule has 0 aliphatic heterocycles. The summed E-state index contributed by atoms with van der Waals surface area (Å²) in [5, 5.41) is 3.57. The van der Waals surface area contributed by atoms with E-state index in [0.29, 0.717) is 6.04 Å². The van der Waals surface area contributed by atoms with E-state index >= 15 is 0 Å². The topological polar surface area (TPSA) is 38.0 Å². The summed E-state index contributed by atoms with van der Waals surface area (Å²) >= 11 is 0. The van der Waals surface area contributed by atoms with Gasteiger partial charge in [0.2, 0.25) is 0 Å². The lowest BCUT2D eigenvalue weighted by Gasteiger charge is -2.25. The first-order valence-electron chi connectivity index (χ1n) is 6.71. The summed E-state index contributed by atoms with van der Waals surface area (Å²) in [5.41, 5.74) is 5.87. The Morgan fingerprint density at radius 3 is 2.50 bits per heavy atom. The van der Waals surface area contributed by atoms with Gasteiger partial charge < -0.3 is 11.1 Å². The maximum Gasteiger partial charge on any atom is 0.0218 e. The summed E-state index contributed by atoms with van der Waals surface area (Å²) in [6.45, 7) is 3.65. The van der Waals surface area contributed by atoms with Crippen LogP contribution in [0.2, 0.25) is 0 Å². The molecule has 1 atom stereocenters. The lowest BCUT2D eigenvalue weighted by Crippen LogP contribution is -2.42. The fourth-order valence-electron chi connectivity index (χ4n) is 2.60. The van der Waals surface area contributed by atoms with Crippen LogP contribution in [0, 0.1) is 17.8 Å². The first kappa shape index (κ1) is 13.5. The third-order valence-corrected chi connectivity index (χ3v) is 3.56. The van der Waals surface area contributed by atoms with Crippen LogP contribution in [0.25, 0.3) is 0 Å². The van der Waals surface area contributed by atoms with Crippen molar-refractivity contribution in [2.75, 3.05) is 13.1 Å². The van der Waals surface area contributed by atoms with Gasteiger partial charge in [-0.1, -0.05) is 25.7 Å². The average Bonchev–Trinajstić information content (AvgIpc) is 2.58. The zero-order valence-electron chi connectivity index (χ0n) is 10.6. The normalized spacial score (nSPS) is 19.6. The van der Waals surface area contributed by atoms with Crippen molar-refractivity contribution in [2.24, 2.45) is 11.7 Å². The van der Waals surface area contributed by atoms with Crippen LogP contribution in [0.5, 0.6) is 0 Å². The van der Waals surface area contributed by atoms with E-state index in [0.717, 1.165) is 25.4 Å². The van der Waals surface area contributed by atoms with Gasteiger partial charge in [0.15, 0.2) is 0 Å². The van der Waals surface area contributed by atoms with Crippen molar-refractivity contribution in [2.45, 2.75) is 57.9 Å². The SMILES string of the molecule is CC#CCCNC(CN)C1CCCCCC1. The molecule has 1 saturated carbocycles. The third-order valence-electron chi connectivity index (χ3n) is 3.56. The standard InChI is InChI=1S/C14H26N2/c1-2-3-8-11-16-14(12-15)13-9-6-4-5-7-10-13/h13-14,16H,4-12,15H2,1H3. The Bertz CT molecular complexity index is 219. The second-order valence-electron chi connectivity index (χ2n) is 4.72. The van der Waals surface area contributed by atoms with Gasteiger partial charge in [0.25, 0.3) is 0 Å². The van der Waals surface area contributed by atoms with E-state index in [9.17, 15) is 0 Å². The van der Waals surface area contributed by atoms with Crippen molar-refractivity contribution >= 4 is 0 Å². The molecule has 0 spiro atoms. The molecule has 92 valence electrons. The van der Waals surface area contributed by atoms with Crippen LogP contribution in [0.4, 0.5) is 0 Å². The van der Waals surface area contributed by atoms with Crippen LogP contribution in [0.3, 0.4) is 0 Å². The summed E-state index contributed by atoms with van der Waals surface area (Å²) in [7, 11) is 0. The minimum absolute atomic E-state index is 0.511. The molecular weight excluding hydrogens is 196 g/mol. The maximum absolute atomic E-state index is 5.87. The molecule has 0 radical (unpaired) electrons. The van der Waals surface area contributed by atoms with Crippen molar-refractivity contribution < 1.29 is 0 Å². The highest BCUT2D eigenvalue weighted by molar-refractivity contribution is 4.95. The van der Waals surface area contributed by atoms with Crippen molar-refractivity contribution in [3.8, 4) is 11.8 Å². The first-order chi connectivity index (χ1) is 7.88. The van der Waals surface area contributed by atoms with Gasteiger partial charge >= 0.3 is 0 Å². The minimum atomic E-state index is 0.511. The van der Waals surface area contributed by atoms with Gasteiger partial charge in [-0.3, -0.25) is 0 Å². The monoisotopic (exact) mass is 222 g/mol. The molecule has 0 aromatic rings. The zero-order valence-corrected chi connectivity index (χ0v) is 10.6. The quantitative estimate of drug-likeness (QED) is 0.425. The predicted octanol–water partition coefficient (Wildman–Crippen LogP) is 2.29. The van der Waals surface area contributed by atoms with E-state index in [4.69, 9.17) is 5.73 Å². The van der Waals surface area contributed by atoms with Crippen molar-refractivity contribution in [1.29, 1.82) is 0 Å². The molecule has 0 heterocycles. The lowest BCUT2D eigenvalue weighted by molar-refractivity contribution is 0.327. The molecule has 1 unspecified atom stereocenters. The van der Waals surface area contributed by atoms with Crippen LogP contribution < -0.4 is 11.1 Å². The Hall–Kier alpha value is -0.520. The predicted molar refractivity (Wildman–Crippen MR) is 70.1 cm³/mol. The van der Waals surface area contributed by atoms with Gasteiger partial charge in [-0.05, 0) is 25.7 Å². The van der Waals surface area contributed by atoms with Crippen LogP contribution in [0.1, 0.15) is 51.9 Å². The summed E-state index contributed by atoms with van der Waals surface area (Å²) in [5.74, 6) is 6.81. The van der Waals surface area contributed by atoms with Gasteiger partial charge in [-0.15, -0.1) is 11.8 Å². The molecule has 0 aromatic heterocycles. The number of nitrogens with one attached hydrogen (secondary N) is 1. The molecule has 1 aliphatic carbocycles. The van der Waals surface area contributed by atoms with Crippen LogP contribution in [-0.4, -0.2) is 19.1 Å². The fraction of sp³-hybridized carbons (Fsp3) is 0.857. The molecule has 2 nitrogen and oxygen atoms in total. The van der Waals surface area contributed by atoms with Gasteiger partial charge in [0.1, 0.15) is 0 Å². The second kappa shape index (κ2) is 8.61. The molecule has 0 aromatic carbocycles. The van der Waals surface area contributed by atoms with Gasteiger partial charge in [-0.2, -0.15) is 0 Å². The number of rotatable bonds is 5. The van der Waals surface area contributed by atoms with E-state index in [-0.39, 0.29) is 0 Å². The molecule has 0 bridgehead atoms. The molecule has 1 fully saturated rings. The van der Waals surface area contributed by atoms with Crippen molar-refractivity contribution in [3.05, 3.63) is 0 Å². The highest BCUT2D eigenvalue weighted by Crippen LogP contribution is 2.25. The summed E-state index contributed by atoms with van der Waals surface area (Å²) < 4.78 is 0. The lowest BCUT2D eigenvalue weighted by atomic mass is 9.92. The van der Waals surface area contributed by atoms with Crippen molar-refractivity contribution in [3.63, 3.8) is 0 Å². The molecule has 2 heteroatoms. The highest BCUT2D eigenvalue weighted by Gasteiger charge is 2.20. The Balaban J connectivity index is 2.29. The van der Waals surface area contributed by atoms with E-state index in [2.05, 4.69) is 17.2 Å². The maximum atomic E-state index is 5.87. The van der Waals surface area contributed by atoms with Gasteiger partial charge in [0.05, 0.1) is 0 Å². The van der Waals surface area contributed by atoms with Crippen LogP contribution in [0.15, 0.2) is 0 Å². The summed E-state index contributed by atoms with van der Waals surface area (Å²) in [4.78, 5) is 0. The molecule has 0 saturated heterocycles. The van der Waals surface area contributed by atoms with Gasteiger partial charge in [0, 0.05) is 25.6 Å². The fourth-order valence-corrected chi connectivity index (χ4v) is 2.60. The first-order valence-corrected chi connectivity index (χ1v) is 6.71. The Morgan fingerprint density at radius 1 is 1.25 bits per heavy atom. The Labute approximate surface area is 100 Å². The average molecular weight is 222 g/mol. The van der Waals surface area contributed by atoms with E-state index < -0.39 is 0 Å². The largest absolute Gasteiger partial charge is 0.329 e. The third kappa shape index (κ3) is 5.01. The molecule has 0 amide bonds. The number of nitrogens with two attached hydrogens (primary N) is 1.